The van der Waals surface area contributed by atoms with Crippen LogP contribution in [0, 0.1) is 11.3 Å². The van der Waals surface area contributed by atoms with Crippen LogP contribution in [0.1, 0.15) is 12.5 Å². The Kier molecular flexibility index (Phi) is 4.71. The Morgan fingerprint density at radius 1 is 1.30 bits per heavy atom. The number of rotatable bonds is 4. The van der Waals surface area contributed by atoms with Crippen LogP contribution in [-0.2, 0) is 0 Å². The van der Waals surface area contributed by atoms with Crippen LogP contribution in [0.25, 0.3) is 0 Å². The number of nitrogens with one attached hydrogen (secondary N) is 2. The van der Waals surface area contributed by atoms with Gasteiger partial charge in [0.1, 0.15) is 6.07 Å². The predicted molar refractivity (Wildman–Crippen MR) is 81.1 cm³/mol. The van der Waals surface area contributed by atoms with Crippen molar-refractivity contribution >= 4 is 45.1 Å². The summed E-state index contributed by atoms with van der Waals surface area (Å²) < 4.78 is 0.839. The average Bonchev–Trinajstić information content (AvgIpc) is 2.38. The Hall–Kier alpha value is -1.91. The van der Waals surface area contributed by atoms with Gasteiger partial charge in [-0.15, -0.1) is 0 Å². The van der Waals surface area contributed by atoms with Crippen molar-refractivity contribution in [3.8, 4) is 6.07 Å². The molecule has 0 aliphatic carbocycles. The second-order valence-electron chi connectivity index (χ2n) is 3.71. The van der Waals surface area contributed by atoms with Gasteiger partial charge in [0.05, 0.1) is 11.3 Å². The van der Waals surface area contributed by atoms with Crippen LogP contribution in [0.2, 0.25) is 5.28 Å². The number of hydrogen-bond donors (Lipinski definition) is 2. The summed E-state index contributed by atoms with van der Waals surface area (Å²) >= 11 is 9.19. The maximum absolute atomic E-state index is 9.08. The van der Waals surface area contributed by atoms with E-state index in [1.165, 1.54) is 0 Å². The molecule has 6 nitrogen and oxygen atoms in total. The number of benzene rings is 1. The van der Waals surface area contributed by atoms with Crippen LogP contribution in [0.4, 0.5) is 17.6 Å². The lowest BCUT2D eigenvalue weighted by molar-refractivity contribution is 1.02. The van der Waals surface area contributed by atoms with Gasteiger partial charge in [0, 0.05) is 11.0 Å². The van der Waals surface area contributed by atoms with Gasteiger partial charge in [-0.25, -0.2) is 0 Å². The Morgan fingerprint density at radius 2 is 2.05 bits per heavy atom. The first-order valence-electron chi connectivity index (χ1n) is 5.74. The van der Waals surface area contributed by atoms with Crippen molar-refractivity contribution in [2.45, 2.75) is 6.92 Å². The Bertz CT molecular complexity index is 669. The Morgan fingerprint density at radius 3 is 2.75 bits per heavy atom. The number of halogens is 2. The summed E-state index contributed by atoms with van der Waals surface area (Å²) in [7, 11) is 0. The molecule has 0 atom stereocenters. The van der Waals surface area contributed by atoms with Gasteiger partial charge < -0.3 is 10.6 Å². The normalized spacial score (nSPS) is 9.90. The van der Waals surface area contributed by atoms with Gasteiger partial charge in [0.25, 0.3) is 0 Å². The molecule has 0 bridgehead atoms. The van der Waals surface area contributed by atoms with E-state index in [4.69, 9.17) is 16.9 Å². The van der Waals surface area contributed by atoms with Crippen LogP contribution in [0.3, 0.4) is 0 Å². The molecule has 1 heterocycles. The highest BCUT2D eigenvalue weighted by Crippen LogP contribution is 2.23. The van der Waals surface area contributed by atoms with Crippen molar-refractivity contribution in [2.24, 2.45) is 0 Å². The van der Waals surface area contributed by atoms with Gasteiger partial charge >= 0.3 is 0 Å². The van der Waals surface area contributed by atoms with E-state index in [0.717, 1.165) is 4.47 Å². The minimum atomic E-state index is 0.0759. The number of nitriles is 1. The molecule has 0 amide bonds. The second-order valence-corrected chi connectivity index (χ2v) is 4.96. The summed E-state index contributed by atoms with van der Waals surface area (Å²) in [6, 6.07) is 7.34. The third-order valence-corrected chi connectivity index (χ3v) is 2.95. The van der Waals surface area contributed by atoms with E-state index in [-0.39, 0.29) is 11.2 Å². The minimum Gasteiger partial charge on any atom is -0.354 e. The fourth-order valence-corrected chi connectivity index (χ4v) is 2.00. The summed E-state index contributed by atoms with van der Waals surface area (Å²) in [4.78, 5) is 12.1. The van der Waals surface area contributed by atoms with E-state index in [0.29, 0.717) is 23.7 Å². The second kappa shape index (κ2) is 6.50. The molecule has 102 valence electrons. The third kappa shape index (κ3) is 3.56. The topological polar surface area (TPSA) is 86.5 Å². The van der Waals surface area contributed by atoms with Gasteiger partial charge in [0.15, 0.2) is 0 Å². The summed E-state index contributed by atoms with van der Waals surface area (Å²) in [5.41, 5.74) is 1.07. The molecule has 2 rings (SSSR count). The molecular formula is C12H10BrClN6. The SMILES string of the molecule is CCNc1nc(Cl)nc(Nc2cc(Br)ccc2C#N)n1. The monoisotopic (exact) mass is 352 g/mol. The lowest BCUT2D eigenvalue weighted by atomic mass is 10.2. The zero-order chi connectivity index (χ0) is 14.5. The van der Waals surface area contributed by atoms with Crippen molar-refractivity contribution in [3.63, 3.8) is 0 Å². The largest absolute Gasteiger partial charge is 0.354 e. The van der Waals surface area contributed by atoms with Crippen LogP contribution in [0.5, 0.6) is 0 Å². The van der Waals surface area contributed by atoms with E-state index in [2.05, 4.69) is 47.6 Å². The van der Waals surface area contributed by atoms with Gasteiger partial charge in [-0.1, -0.05) is 15.9 Å². The van der Waals surface area contributed by atoms with Gasteiger partial charge in [0.2, 0.25) is 17.2 Å². The van der Waals surface area contributed by atoms with E-state index < -0.39 is 0 Å². The number of anilines is 3. The lowest BCUT2D eigenvalue weighted by Crippen LogP contribution is -2.07. The molecule has 0 aliphatic rings. The molecular weight excluding hydrogens is 344 g/mol. The molecule has 2 aromatic rings. The smallest absolute Gasteiger partial charge is 0.233 e. The van der Waals surface area contributed by atoms with Gasteiger partial charge in [-0.05, 0) is 36.7 Å². The fourth-order valence-electron chi connectivity index (χ4n) is 1.48. The fraction of sp³-hybridized carbons (Fsp3) is 0.167. The summed E-state index contributed by atoms with van der Waals surface area (Å²) in [6.07, 6.45) is 0. The molecule has 0 aliphatic heterocycles. The first kappa shape index (κ1) is 14.5. The van der Waals surface area contributed by atoms with E-state index in [1.54, 1.807) is 18.2 Å². The van der Waals surface area contributed by atoms with Crippen LogP contribution < -0.4 is 10.6 Å². The molecule has 0 saturated heterocycles. The molecule has 0 fully saturated rings. The predicted octanol–water partition coefficient (Wildman–Crippen LogP) is 3.33. The van der Waals surface area contributed by atoms with E-state index in [9.17, 15) is 0 Å². The summed E-state index contributed by atoms with van der Waals surface area (Å²) in [6.45, 7) is 2.59. The van der Waals surface area contributed by atoms with Crippen molar-refractivity contribution in [2.75, 3.05) is 17.2 Å². The number of aromatic nitrogens is 3. The maximum atomic E-state index is 9.08. The Balaban J connectivity index is 2.35. The third-order valence-electron chi connectivity index (χ3n) is 2.29. The molecule has 0 radical (unpaired) electrons. The van der Waals surface area contributed by atoms with Gasteiger partial charge in [-0.3, -0.25) is 0 Å². The zero-order valence-corrected chi connectivity index (χ0v) is 12.8. The standard InChI is InChI=1S/C12H10BrClN6/c1-2-16-11-18-10(14)19-12(20-11)17-9-5-8(13)4-3-7(9)6-15/h3-5H,2H2,1H3,(H2,16,17,18,19,20). The molecule has 2 N–H and O–H groups in total. The first-order valence-corrected chi connectivity index (χ1v) is 6.91. The van der Waals surface area contributed by atoms with Crippen LogP contribution in [-0.4, -0.2) is 21.5 Å². The van der Waals surface area contributed by atoms with Crippen molar-refractivity contribution in [3.05, 3.63) is 33.5 Å². The molecule has 1 aromatic carbocycles. The highest BCUT2D eigenvalue weighted by molar-refractivity contribution is 9.10. The van der Waals surface area contributed by atoms with Crippen LogP contribution in [0.15, 0.2) is 22.7 Å². The quantitative estimate of drug-likeness (QED) is 0.876. The molecule has 0 spiro atoms. The lowest BCUT2D eigenvalue weighted by Gasteiger charge is -2.09. The maximum Gasteiger partial charge on any atom is 0.233 e. The highest BCUT2D eigenvalue weighted by Gasteiger charge is 2.08. The van der Waals surface area contributed by atoms with Crippen molar-refractivity contribution in [1.29, 1.82) is 5.26 Å². The highest BCUT2D eigenvalue weighted by atomic mass is 79.9. The minimum absolute atomic E-state index is 0.0759. The summed E-state index contributed by atoms with van der Waals surface area (Å²) in [5, 5.41) is 15.1. The van der Waals surface area contributed by atoms with Crippen molar-refractivity contribution in [1.82, 2.24) is 15.0 Å². The van der Waals surface area contributed by atoms with Crippen LogP contribution >= 0.6 is 27.5 Å². The summed E-state index contributed by atoms with van der Waals surface area (Å²) in [5.74, 6) is 0.652. The molecule has 0 unspecified atom stereocenters. The van der Waals surface area contributed by atoms with Gasteiger partial charge in [-0.2, -0.15) is 20.2 Å². The first-order chi connectivity index (χ1) is 9.62. The zero-order valence-electron chi connectivity index (χ0n) is 10.5. The van der Waals surface area contributed by atoms with E-state index in [1.807, 2.05) is 6.92 Å². The molecule has 8 heteroatoms. The average molecular weight is 354 g/mol. The van der Waals surface area contributed by atoms with E-state index >= 15 is 0 Å². The molecule has 0 saturated carbocycles. The Labute approximate surface area is 129 Å². The molecule has 20 heavy (non-hydrogen) atoms. The van der Waals surface area contributed by atoms with Crippen molar-refractivity contribution < 1.29 is 0 Å². The molecule has 1 aromatic heterocycles. The number of hydrogen-bond acceptors (Lipinski definition) is 6. The number of nitrogens with zero attached hydrogens (tertiary/aromatic N) is 4.